The molecule has 0 saturated carbocycles. The smallest absolute Gasteiger partial charge is 0.137 e. The van der Waals surface area contributed by atoms with E-state index in [1.54, 1.807) is 0 Å². The summed E-state index contributed by atoms with van der Waals surface area (Å²) in [6.45, 7) is 15.7. The zero-order chi connectivity index (χ0) is 35.9. The minimum atomic E-state index is 0.408. The summed E-state index contributed by atoms with van der Waals surface area (Å²) in [6.07, 6.45) is 10.7. The molecule has 4 aromatic carbocycles. The Balaban J connectivity index is 1.16. The highest BCUT2D eigenvalue weighted by molar-refractivity contribution is 6.09. The molecule has 0 unspecified atom stereocenters. The van der Waals surface area contributed by atoms with Crippen LogP contribution in [0, 0.1) is 19.8 Å². The molecule has 0 spiro atoms. The summed E-state index contributed by atoms with van der Waals surface area (Å²) in [5, 5.41) is 7.27. The highest BCUT2D eigenvalue weighted by atomic mass is 16.5. The van der Waals surface area contributed by atoms with Crippen molar-refractivity contribution in [2.24, 2.45) is 5.92 Å². The summed E-state index contributed by atoms with van der Waals surface area (Å²) in [7, 11) is 0. The quantitative estimate of drug-likeness (QED) is 0.144. The van der Waals surface area contributed by atoms with Gasteiger partial charge in [0.05, 0.1) is 22.9 Å². The average molecular weight is 688 g/mol. The lowest BCUT2D eigenvalue weighted by molar-refractivity contribution is 0.481. The Kier molecular flexibility index (Phi) is 9.08. The van der Waals surface area contributed by atoms with Crippen LogP contribution in [0.15, 0.2) is 104 Å². The number of ether oxygens (including phenoxy) is 1. The average Bonchev–Trinajstić information content (AvgIpc) is 3.91. The number of hydrogen-bond acceptors (Lipinski definition) is 4. The van der Waals surface area contributed by atoms with E-state index in [-0.39, 0.29) is 0 Å². The highest BCUT2D eigenvalue weighted by Gasteiger charge is 2.18. The number of pyridine rings is 1. The van der Waals surface area contributed by atoms with Gasteiger partial charge in [-0.1, -0.05) is 45.9 Å². The lowest BCUT2D eigenvalue weighted by atomic mass is 9.97. The van der Waals surface area contributed by atoms with Crippen molar-refractivity contribution in [2.45, 2.75) is 73.1 Å². The largest absolute Gasteiger partial charge is 0.457 e. The van der Waals surface area contributed by atoms with E-state index in [0.29, 0.717) is 11.8 Å². The van der Waals surface area contributed by atoms with E-state index in [2.05, 4.69) is 142 Å². The number of anilines is 1. The predicted octanol–water partition coefficient (Wildman–Crippen LogP) is 11.8. The molecule has 264 valence electrons. The first-order chi connectivity index (χ1) is 25.2. The van der Waals surface area contributed by atoms with Crippen molar-refractivity contribution in [3.05, 3.63) is 126 Å². The number of hydrogen-bond donors (Lipinski definition) is 0. The Hall–Kier alpha value is -5.36. The van der Waals surface area contributed by atoms with E-state index < -0.39 is 0 Å². The number of para-hydroxylation sites is 1. The number of rotatable bonds is 10. The molecule has 0 atom stereocenters. The van der Waals surface area contributed by atoms with E-state index in [4.69, 9.17) is 14.8 Å². The summed E-state index contributed by atoms with van der Waals surface area (Å²) in [5.41, 5.74) is 12.0. The molecule has 1 fully saturated rings. The van der Waals surface area contributed by atoms with Crippen molar-refractivity contribution in [2.75, 3.05) is 18.0 Å². The van der Waals surface area contributed by atoms with E-state index in [1.165, 1.54) is 57.1 Å². The van der Waals surface area contributed by atoms with Crippen LogP contribution >= 0.6 is 0 Å². The third-order valence-corrected chi connectivity index (χ3v) is 10.6. The second-order valence-electron chi connectivity index (χ2n) is 15.3. The summed E-state index contributed by atoms with van der Waals surface area (Å²) in [6, 6.07) is 30.5. The first-order valence-corrected chi connectivity index (χ1v) is 18.9. The molecule has 1 saturated heterocycles. The molecule has 0 amide bonds. The van der Waals surface area contributed by atoms with Crippen molar-refractivity contribution >= 4 is 27.5 Å². The van der Waals surface area contributed by atoms with Gasteiger partial charge in [-0.15, -0.1) is 0 Å². The van der Waals surface area contributed by atoms with Crippen molar-refractivity contribution in [3.8, 4) is 34.1 Å². The Morgan fingerprint density at radius 2 is 1.52 bits per heavy atom. The molecule has 8 rings (SSSR count). The third-order valence-electron chi connectivity index (χ3n) is 10.6. The van der Waals surface area contributed by atoms with E-state index in [1.807, 2.05) is 17.1 Å². The number of aryl methyl sites for hydroxylation is 3. The number of fused-ring (bicyclic) bond motifs is 3. The van der Waals surface area contributed by atoms with Gasteiger partial charge in [-0.25, -0.2) is 9.67 Å². The lowest BCUT2D eigenvalue weighted by Crippen LogP contribution is -2.17. The summed E-state index contributed by atoms with van der Waals surface area (Å²) < 4.78 is 11.0. The van der Waals surface area contributed by atoms with Gasteiger partial charge in [-0.3, -0.25) is 4.57 Å². The van der Waals surface area contributed by atoms with Crippen LogP contribution in [-0.4, -0.2) is 32.4 Å². The molecule has 4 heterocycles. The molecular formula is C46H49N5O. The molecule has 0 bridgehead atoms. The highest BCUT2D eigenvalue weighted by Crippen LogP contribution is 2.37. The maximum atomic E-state index is 6.76. The van der Waals surface area contributed by atoms with Gasteiger partial charge in [-0.2, -0.15) is 5.10 Å². The van der Waals surface area contributed by atoms with Crippen molar-refractivity contribution in [3.63, 3.8) is 0 Å². The monoisotopic (exact) mass is 687 g/mol. The molecule has 0 N–H and O–H groups in total. The second-order valence-corrected chi connectivity index (χ2v) is 15.3. The molecule has 6 nitrogen and oxygen atoms in total. The van der Waals surface area contributed by atoms with Gasteiger partial charge in [-0.05, 0) is 134 Å². The Morgan fingerprint density at radius 3 is 2.29 bits per heavy atom. The standard InChI is InChI=1S/C46H49N5O/c1-30(2)13-14-34-23-38(50-29-36(28-48-50)46-32(5)21-37(22-33(46)6)49-19-9-10-20-49)26-40(24-34)52-39-15-16-42-41-11-7-8-12-43(41)51(44(42)27-39)45-25-35(31(3)4)17-18-47-45/h7-8,11-12,15-18,21-31H,9-10,13-14,19-20H2,1-6H3. The molecular weight excluding hydrogens is 639 g/mol. The molecule has 1 aliphatic rings. The van der Waals surface area contributed by atoms with Crippen LogP contribution in [-0.2, 0) is 6.42 Å². The topological polar surface area (TPSA) is 48.1 Å². The molecule has 52 heavy (non-hydrogen) atoms. The second kappa shape index (κ2) is 14.0. The van der Waals surface area contributed by atoms with Crippen LogP contribution in [0.3, 0.4) is 0 Å². The van der Waals surface area contributed by atoms with Crippen LogP contribution < -0.4 is 9.64 Å². The number of aromatic nitrogens is 4. The molecule has 6 heteroatoms. The van der Waals surface area contributed by atoms with E-state index in [0.717, 1.165) is 65.5 Å². The summed E-state index contributed by atoms with van der Waals surface area (Å²) in [5.74, 6) is 3.51. The fourth-order valence-electron chi connectivity index (χ4n) is 7.89. The third kappa shape index (κ3) is 6.58. The first kappa shape index (κ1) is 33.8. The van der Waals surface area contributed by atoms with Crippen LogP contribution in [0.4, 0.5) is 5.69 Å². The SMILES string of the molecule is Cc1cc(N2CCCC2)cc(C)c1-c1cnn(-c2cc(CCC(C)C)cc(Oc3ccc4c5ccccc5n(-c5cc(C(C)C)ccn5)c4c3)c2)c1. The first-order valence-electron chi connectivity index (χ1n) is 18.9. The van der Waals surface area contributed by atoms with Crippen molar-refractivity contribution in [1.29, 1.82) is 0 Å². The van der Waals surface area contributed by atoms with Crippen LogP contribution in [0.5, 0.6) is 11.5 Å². The fourth-order valence-corrected chi connectivity index (χ4v) is 7.89. The fraction of sp³-hybridized carbons (Fsp3) is 0.304. The minimum absolute atomic E-state index is 0.408. The zero-order valence-corrected chi connectivity index (χ0v) is 31.4. The molecule has 7 aromatic rings. The Morgan fingerprint density at radius 1 is 0.750 bits per heavy atom. The Bertz CT molecular complexity index is 2370. The maximum absolute atomic E-state index is 6.76. The summed E-state index contributed by atoms with van der Waals surface area (Å²) in [4.78, 5) is 7.35. The van der Waals surface area contributed by atoms with Gasteiger partial charge in [0.1, 0.15) is 17.3 Å². The van der Waals surface area contributed by atoms with Crippen LogP contribution in [0.2, 0.25) is 0 Å². The molecule has 0 aliphatic carbocycles. The Labute approximate surface area is 307 Å². The van der Waals surface area contributed by atoms with Gasteiger partial charge in [0.2, 0.25) is 0 Å². The van der Waals surface area contributed by atoms with Gasteiger partial charge in [0, 0.05) is 59.6 Å². The van der Waals surface area contributed by atoms with E-state index in [9.17, 15) is 0 Å². The number of nitrogens with zero attached hydrogens (tertiary/aromatic N) is 5. The van der Waals surface area contributed by atoms with Gasteiger partial charge in [0.15, 0.2) is 0 Å². The normalized spacial score (nSPS) is 13.3. The van der Waals surface area contributed by atoms with Crippen LogP contribution in [0.25, 0.3) is 44.4 Å². The maximum Gasteiger partial charge on any atom is 0.137 e. The zero-order valence-electron chi connectivity index (χ0n) is 31.4. The van der Waals surface area contributed by atoms with E-state index >= 15 is 0 Å². The molecule has 3 aromatic heterocycles. The van der Waals surface area contributed by atoms with Gasteiger partial charge in [0.25, 0.3) is 0 Å². The molecule has 0 radical (unpaired) electrons. The number of benzene rings is 4. The van der Waals surface area contributed by atoms with Gasteiger partial charge >= 0.3 is 0 Å². The van der Waals surface area contributed by atoms with Gasteiger partial charge < -0.3 is 9.64 Å². The lowest BCUT2D eigenvalue weighted by Gasteiger charge is -2.20. The van der Waals surface area contributed by atoms with Crippen molar-refractivity contribution < 1.29 is 4.74 Å². The van der Waals surface area contributed by atoms with Crippen molar-refractivity contribution in [1.82, 2.24) is 19.3 Å². The van der Waals surface area contributed by atoms with Crippen LogP contribution in [0.1, 0.15) is 75.1 Å². The minimum Gasteiger partial charge on any atom is -0.457 e. The predicted molar refractivity (Wildman–Crippen MR) is 216 cm³/mol. The molecule has 1 aliphatic heterocycles. The summed E-state index contributed by atoms with van der Waals surface area (Å²) >= 11 is 0.